The molecule has 0 amide bonds. The van der Waals surface area contributed by atoms with Gasteiger partial charge in [0.15, 0.2) is 0 Å². The number of carboxylic acid groups (broad SMARTS) is 1. The number of carbonyl (C=O) groups is 4. The van der Waals surface area contributed by atoms with Gasteiger partial charge in [-0.15, -0.1) is 0 Å². The van der Waals surface area contributed by atoms with Crippen molar-refractivity contribution in [2.24, 2.45) is 0 Å². The van der Waals surface area contributed by atoms with Crippen LogP contribution in [0.15, 0.2) is 66.7 Å². The van der Waals surface area contributed by atoms with E-state index in [4.69, 9.17) is 4.74 Å². The van der Waals surface area contributed by atoms with Crippen LogP contribution in [0.25, 0.3) is 22.2 Å². The van der Waals surface area contributed by atoms with Crippen LogP contribution in [0.2, 0.25) is 0 Å². The van der Waals surface area contributed by atoms with E-state index in [9.17, 15) is 24.3 Å². The molecule has 0 fully saturated rings. The lowest BCUT2D eigenvalue weighted by Crippen LogP contribution is -2.24. The first-order valence-corrected chi connectivity index (χ1v) is 12.4. The Labute approximate surface area is 228 Å². The number of Topliss-reactive ketones (excluding diaryl/α,β-unsaturated/α-hetero) is 1. The zero-order chi connectivity index (χ0) is 28.3. The Hall–Kier alpha value is -4.90. The minimum atomic E-state index is -1.43. The SMILES string of the molecule is CN(C)c1ccc(C(=O)C(=O)OC(=O)/C(=C(\C(=O)O)c2ccccc2N(C)C)c2ccc3nsnc3c2)cc1. The van der Waals surface area contributed by atoms with Crippen LogP contribution in [0.3, 0.4) is 0 Å². The molecule has 0 aliphatic rings. The van der Waals surface area contributed by atoms with Crippen molar-refractivity contribution in [3.8, 4) is 0 Å². The van der Waals surface area contributed by atoms with Crippen molar-refractivity contribution >= 4 is 69.0 Å². The molecule has 0 saturated heterocycles. The zero-order valence-electron chi connectivity index (χ0n) is 21.5. The fourth-order valence-corrected chi connectivity index (χ4v) is 4.46. The van der Waals surface area contributed by atoms with Gasteiger partial charge in [-0.3, -0.25) is 4.79 Å². The van der Waals surface area contributed by atoms with Gasteiger partial charge in [0.05, 0.1) is 22.9 Å². The molecule has 4 rings (SSSR count). The second kappa shape index (κ2) is 11.2. The lowest BCUT2D eigenvalue weighted by Gasteiger charge is -2.19. The summed E-state index contributed by atoms with van der Waals surface area (Å²) in [6.45, 7) is 0. The predicted molar refractivity (Wildman–Crippen MR) is 149 cm³/mol. The number of nitrogens with zero attached hydrogens (tertiary/aromatic N) is 4. The number of aromatic nitrogens is 2. The second-order valence-electron chi connectivity index (χ2n) is 8.88. The van der Waals surface area contributed by atoms with Crippen LogP contribution in [0, 0.1) is 0 Å². The molecule has 4 aromatic rings. The summed E-state index contributed by atoms with van der Waals surface area (Å²) in [5.74, 6) is -5.19. The summed E-state index contributed by atoms with van der Waals surface area (Å²) in [6.07, 6.45) is 0. The number of ketones is 1. The van der Waals surface area contributed by atoms with E-state index in [2.05, 4.69) is 8.75 Å². The third-order valence-corrected chi connectivity index (χ3v) is 6.44. The van der Waals surface area contributed by atoms with E-state index in [1.54, 1.807) is 61.5 Å². The summed E-state index contributed by atoms with van der Waals surface area (Å²) >= 11 is 0.957. The Balaban J connectivity index is 1.82. The quantitative estimate of drug-likeness (QED) is 0.0874. The van der Waals surface area contributed by atoms with Crippen LogP contribution in [-0.2, 0) is 19.1 Å². The molecule has 198 valence electrons. The Morgan fingerprint density at radius 1 is 0.744 bits per heavy atom. The second-order valence-corrected chi connectivity index (χ2v) is 9.41. The monoisotopic (exact) mass is 544 g/mol. The summed E-state index contributed by atoms with van der Waals surface area (Å²) < 4.78 is 13.3. The molecule has 0 saturated carbocycles. The van der Waals surface area contributed by atoms with Crippen LogP contribution >= 0.6 is 11.7 Å². The van der Waals surface area contributed by atoms with E-state index in [1.807, 2.05) is 19.0 Å². The van der Waals surface area contributed by atoms with Crippen LogP contribution in [0.5, 0.6) is 0 Å². The number of anilines is 2. The van der Waals surface area contributed by atoms with Gasteiger partial charge in [0.25, 0.3) is 5.78 Å². The van der Waals surface area contributed by atoms with E-state index >= 15 is 0 Å². The van der Waals surface area contributed by atoms with Crippen molar-refractivity contribution in [1.29, 1.82) is 0 Å². The third-order valence-electron chi connectivity index (χ3n) is 5.88. The Morgan fingerprint density at radius 2 is 1.38 bits per heavy atom. The number of fused-ring (bicyclic) bond motifs is 1. The number of para-hydroxylation sites is 1. The molecule has 10 nitrogen and oxygen atoms in total. The summed E-state index contributed by atoms with van der Waals surface area (Å²) in [5.41, 5.74) is 1.87. The van der Waals surface area contributed by atoms with Crippen molar-refractivity contribution in [3.63, 3.8) is 0 Å². The molecule has 0 bridgehead atoms. The molecule has 1 aromatic heterocycles. The zero-order valence-corrected chi connectivity index (χ0v) is 22.4. The largest absolute Gasteiger partial charge is 0.478 e. The van der Waals surface area contributed by atoms with Gasteiger partial charge < -0.3 is 19.6 Å². The van der Waals surface area contributed by atoms with Gasteiger partial charge in [-0.25, -0.2) is 14.4 Å². The van der Waals surface area contributed by atoms with Crippen molar-refractivity contribution in [2.75, 3.05) is 38.0 Å². The minimum Gasteiger partial charge on any atom is -0.478 e. The van der Waals surface area contributed by atoms with Gasteiger partial charge in [-0.1, -0.05) is 24.3 Å². The fourth-order valence-electron chi connectivity index (χ4n) is 3.94. The maximum Gasteiger partial charge on any atom is 0.387 e. The maximum atomic E-state index is 13.5. The highest BCUT2D eigenvalue weighted by Crippen LogP contribution is 2.34. The minimum absolute atomic E-state index is 0.0234. The number of carbonyl (C=O) groups excluding carboxylic acids is 3. The van der Waals surface area contributed by atoms with E-state index in [0.29, 0.717) is 16.7 Å². The highest BCUT2D eigenvalue weighted by Gasteiger charge is 2.31. The topological polar surface area (TPSA) is 130 Å². The van der Waals surface area contributed by atoms with Gasteiger partial charge in [-0.05, 0) is 48.0 Å². The lowest BCUT2D eigenvalue weighted by atomic mass is 9.93. The van der Waals surface area contributed by atoms with Crippen molar-refractivity contribution in [1.82, 2.24) is 8.75 Å². The highest BCUT2D eigenvalue weighted by atomic mass is 32.1. The number of hydrogen-bond donors (Lipinski definition) is 1. The average Bonchev–Trinajstić information content (AvgIpc) is 3.39. The number of hydrogen-bond acceptors (Lipinski definition) is 10. The molecule has 0 unspecified atom stereocenters. The van der Waals surface area contributed by atoms with Gasteiger partial charge >= 0.3 is 17.9 Å². The van der Waals surface area contributed by atoms with Crippen LogP contribution in [0.4, 0.5) is 11.4 Å². The number of aliphatic carboxylic acids is 1. The molecule has 0 aliphatic carbocycles. The van der Waals surface area contributed by atoms with E-state index < -0.39 is 34.8 Å². The van der Waals surface area contributed by atoms with Crippen LogP contribution in [-0.4, -0.2) is 65.7 Å². The van der Waals surface area contributed by atoms with E-state index in [0.717, 1.165) is 17.4 Å². The molecule has 11 heteroatoms. The molecule has 0 aliphatic heterocycles. The summed E-state index contributed by atoms with van der Waals surface area (Å²) in [4.78, 5) is 55.3. The average molecular weight is 545 g/mol. The van der Waals surface area contributed by atoms with E-state index in [-0.39, 0.29) is 16.7 Å². The fraction of sp³-hybridized carbons (Fsp3) is 0.143. The van der Waals surface area contributed by atoms with Crippen LogP contribution in [0.1, 0.15) is 21.5 Å². The Kier molecular flexibility index (Phi) is 7.82. The van der Waals surface area contributed by atoms with E-state index in [1.165, 1.54) is 24.3 Å². The number of benzene rings is 3. The molecular formula is C28H24N4O6S. The first-order valence-electron chi connectivity index (χ1n) is 11.6. The third kappa shape index (κ3) is 5.68. The Bertz CT molecular complexity index is 1620. The molecule has 1 N–H and O–H groups in total. The van der Waals surface area contributed by atoms with Crippen molar-refractivity contribution in [2.45, 2.75) is 0 Å². The van der Waals surface area contributed by atoms with Gasteiger partial charge in [0.1, 0.15) is 11.0 Å². The van der Waals surface area contributed by atoms with Crippen molar-refractivity contribution < 1.29 is 29.0 Å². The standard InChI is InChI=1S/C28H24N4O6S/c1-31(2)18-12-9-16(10-13-18)25(33)28(37)38-27(36)23(17-11-14-20-21(15-17)30-39-29-20)24(26(34)35)19-7-5-6-8-22(19)32(3)4/h5-15H,1-4H3,(H,34,35)/b24-23-. The number of ether oxygens (including phenoxy) is 1. The normalized spacial score (nSPS) is 11.5. The number of esters is 2. The smallest absolute Gasteiger partial charge is 0.387 e. The highest BCUT2D eigenvalue weighted by molar-refractivity contribution is 7.00. The Morgan fingerprint density at radius 3 is 2.03 bits per heavy atom. The first kappa shape index (κ1) is 27.1. The molecule has 3 aromatic carbocycles. The van der Waals surface area contributed by atoms with Crippen LogP contribution < -0.4 is 9.80 Å². The van der Waals surface area contributed by atoms with Gasteiger partial charge in [0, 0.05) is 50.7 Å². The predicted octanol–water partition coefficient (Wildman–Crippen LogP) is 3.77. The lowest BCUT2D eigenvalue weighted by molar-refractivity contribution is -0.152. The molecular weight excluding hydrogens is 520 g/mol. The summed E-state index contributed by atoms with van der Waals surface area (Å²) in [7, 11) is 7.11. The molecule has 0 spiro atoms. The number of rotatable bonds is 8. The summed E-state index contributed by atoms with van der Waals surface area (Å²) in [5, 5.41) is 10.3. The molecule has 0 atom stereocenters. The van der Waals surface area contributed by atoms with Gasteiger partial charge in [-0.2, -0.15) is 8.75 Å². The molecule has 39 heavy (non-hydrogen) atoms. The van der Waals surface area contributed by atoms with Gasteiger partial charge in [0.2, 0.25) is 0 Å². The number of carboxylic acids is 1. The first-order chi connectivity index (χ1) is 18.6. The summed E-state index contributed by atoms with van der Waals surface area (Å²) in [6, 6.07) is 17.3. The van der Waals surface area contributed by atoms with Crippen molar-refractivity contribution in [3.05, 3.63) is 83.4 Å². The molecule has 0 radical (unpaired) electrons. The molecule has 1 heterocycles. The maximum absolute atomic E-state index is 13.5.